The first-order chi connectivity index (χ1) is 10.7. The number of aryl methyl sites for hydroxylation is 1. The Kier molecular flexibility index (Phi) is 6.28. The number of methoxy groups -OCH3 is 1. The molecule has 0 aliphatic rings. The van der Waals surface area contributed by atoms with Gasteiger partial charge >= 0.3 is 0 Å². The Hall–Kier alpha value is -2.00. The molecule has 0 spiro atoms. The molecular weight excluding hydrogens is 274 g/mol. The van der Waals surface area contributed by atoms with Gasteiger partial charge in [0.05, 0.1) is 7.11 Å². The summed E-state index contributed by atoms with van der Waals surface area (Å²) in [5, 5.41) is 3.41. The summed E-state index contributed by atoms with van der Waals surface area (Å²) in [6.45, 7) is 6.57. The lowest BCUT2D eigenvalue weighted by atomic mass is 10.1. The van der Waals surface area contributed by atoms with Gasteiger partial charge in [0.15, 0.2) is 11.5 Å². The van der Waals surface area contributed by atoms with Crippen LogP contribution >= 0.6 is 0 Å². The van der Waals surface area contributed by atoms with Gasteiger partial charge in [-0.05, 0) is 31.5 Å². The smallest absolute Gasteiger partial charge is 0.166 e. The maximum Gasteiger partial charge on any atom is 0.166 e. The number of benzene rings is 2. The Bertz CT molecular complexity index is 578. The topological polar surface area (TPSA) is 30.5 Å². The van der Waals surface area contributed by atoms with Gasteiger partial charge < -0.3 is 14.8 Å². The highest BCUT2D eigenvalue weighted by Crippen LogP contribution is 2.31. The second-order valence-corrected chi connectivity index (χ2v) is 5.40. The predicted molar refractivity (Wildman–Crippen MR) is 90.5 cm³/mol. The van der Waals surface area contributed by atoms with E-state index < -0.39 is 0 Å². The van der Waals surface area contributed by atoms with Crippen molar-refractivity contribution in [1.29, 1.82) is 0 Å². The van der Waals surface area contributed by atoms with E-state index in [0.29, 0.717) is 6.61 Å². The summed E-state index contributed by atoms with van der Waals surface area (Å²) >= 11 is 0. The Morgan fingerprint density at radius 1 is 1.05 bits per heavy atom. The minimum Gasteiger partial charge on any atom is -0.493 e. The van der Waals surface area contributed by atoms with E-state index in [-0.39, 0.29) is 0 Å². The van der Waals surface area contributed by atoms with Crippen molar-refractivity contribution >= 4 is 0 Å². The first-order valence-electron chi connectivity index (χ1n) is 7.79. The van der Waals surface area contributed by atoms with E-state index in [1.165, 1.54) is 5.56 Å². The highest BCUT2D eigenvalue weighted by atomic mass is 16.5. The van der Waals surface area contributed by atoms with E-state index >= 15 is 0 Å². The summed E-state index contributed by atoms with van der Waals surface area (Å²) in [5.41, 5.74) is 3.54. The van der Waals surface area contributed by atoms with Gasteiger partial charge in [-0.1, -0.05) is 48.9 Å². The van der Waals surface area contributed by atoms with Crippen molar-refractivity contribution in [3.05, 3.63) is 59.2 Å². The Morgan fingerprint density at radius 2 is 1.82 bits per heavy atom. The number of ether oxygens (including phenoxy) is 2. The molecule has 1 N–H and O–H groups in total. The third kappa shape index (κ3) is 4.50. The lowest BCUT2D eigenvalue weighted by Gasteiger charge is -2.15. The second kappa shape index (κ2) is 8.44. The van der Waals surface area contributed by atoms with Crippen LogP contribution in [0.2, 0.25) is 0 Å². The molecule has 0 bridgehead atoms. The summed E-state index contributed by atoms with van der Waals surface area (Å²) in [4.78, 5) is 0. The molecule has 0 amide bonds. The highest BCUT2D eigenvalue weighted by molar-refractivity contribution is 5.46. The van der Waals surface area contributed by atoms with Crippen molar-refractivity contribution in [1.82, 2.24) is 5.32 Å². The minimum atomic E-state index is 0.543. The van der Waals surface area contributed by atoms with Crippen LogP contribution in [0.5, 0.6) is 11.5 Å². The van der Waals surface area contributed by atoms with Crippen molar-refractivity contribution in [2.24, 2.45) is 0 Å². The van der Waals surface area contributed by atoms with E-state index in [0.717, 1.165) is 42.1 Å². The van der Waals surface area contributed by atoms with Gasteiger partial charge in [0, 0.05) is 12.1 Å². The fourth-order valence-electron chi connectivity index (χ4n) is 2.26. The van der Waals surface area contributed by atoms with Gasteiger partial charge in [-0.3, -0.25) is 0 Å². The number of nitrogens with one attached hydrogen (secondary N) is 1. The zero-order valence-electron chi connectivity index (χ0n) is 13.7. The molecule has 0 fully saturated rings. The fraction of sp³-hybridized carbons (Fsp3) is 0.368. The van der Waals surface area contributed by atoms with Crippen molar-refractivity contribution in [3.8, 4) is 11.5 Å². The Balaban J connectivity index is 2.11. The normalized spacial score (nSPS) is 10.5. The van der Waals surface area contributed by atoms with E-state index in [1.807, 2.05) is 12.1 Å². The van der Waals surface area contributed by atoms with Crippen LogP contribution in [-0.4, -0.2) is 13.7 Å². The molecule has 0 aromatic heterocycles. The van der Waals surface area contributed by atoms with Crippen LogP contribution in [-0.2, 0) is 13.2 Å². The fourth-order valence-corrected chi connectivity index (χ4v) is 2.26. The molecule has 0 heterocycles. The van der Waals surface area contributed by atoms with Gasteiger partial charge in [-0.2, -0.15) is 0 Å². The van der Waals surface area contributed by atoms with Crippen LogP contribution in [0.25, 0.3) is 0 Å². The van der Waals surface area contributed by atoms with Crippen molar-refractivity contribution < 1.29 is 9.47 Å². The van der Waals surface area contributed by atoms with E-state index in [9.17, 15) is 0 Å². The van der Waals surface area contributed by atoms with Crippen LogP contribution in [0.4, 0.5) is 0 Å². The Labute approximate surface area is 133 Å². The minimum absolute atomic E-state index is 0.543. The monoisotopic (exact) mass is 299 g/mol. The number of rotatable bonds is 8. The summed E-state index contributed by atoms with van der Waals surface area (Å²) in [7, 11) is 1.68. The molecule has 0 aliphatic heterocycles. The third-order valence-corrected chi connectivity index (χ3v) is 3.53. The molecule has 2 aromatic carbocycles. The molecule has 3 nitrogen and oxygen atoms in total. The second-order valence-electron chi connectivity index (χ2n) is 5.40. The summed E-state index contributed by atoms with van der Waals surface area (Å²) in [6.07, 6.45) is 1.11. The molecule has 22 heavy (non-hydrogen) atoms. The standard InChI is InChI=1S/C19H25NO2/c1-4-12-20-13-17-6-5-7-18(21-3)19(17)22-14-16-10-8-15(2)9-11-16/h5-11,20H,4,12-14H2,1-3H3. The first kappa shape index (κ1) is 16.4. The zero-order chi connectivity index (χ0) is 15.8. The van der Waals surface area contributed by atoms with Crippen LogP contribution in [0.1, 0.15) is 30.0 Å². The zero-order valence-corrected chi connectivity index (χ0v) is 13.7. The van der Waals surface area contributed by atoms with E-state index in [2.05, 4.69) is 49.5 Å². The van der Waals surface area contributed by atoms with Crippen LogP contribution < -0.4 is 14.8 Å². The molecular formula is C19H25NO2. The molecule has 0 atom stereocenters. The number of para-hydroxylation sites is 1. The maximum absolute atomic E-state index is 6.05. The number of hydrogen-bond donors (Lipinski definition) is 1. The van der Waals surface area contributed by atoms with Gasteiger partial charge in [0.25, 0.3) is 0 Å². The van der Waals surface area contributed by atoms with Gasteiger partial charge in [-0.15, -0.1) is 0 Å². The van der Waals surface area contributed by atoms with Crippen LogP contribution in [0, 0.1) is 6.92 Å². The van der Waals surface area contributed by atoms with Gasteiger partial charge in [0.1, 0.15) is 6.61 Å². The van der Waals surface area contributed by atoms with Crippen molar-refractivity contribution in [2.45, 2.75) is 33.4 Å². The Morgan fingerprint density at radius 3 is 2.50 bits per heavy atom. The first-order valence-corrected chi connectivity index (χ1v) is 7.79. The maximum atomic E-state index is 6.05. The largest absolute Gasteiger partial charge is 0.493 e. The summed E-state index contributed by atoms with van der Waals surface area (Å²) in [5.74, 6) is 1.61. The third-order valence-electron chi connectivity index (χ3n) is 3.53. The summed E-state index contributed by atoms with van der Waals surface area (Å²) < 4.78 is 11.5. The van der Waals surface area contributed by atoms with Crippen LogP contribution in [0.15, 0.2) is 42.5 Å². The molecule has 3 heteroatoms. The van der Waals surface area contributed by atoms with Gasteiger partial charge in [-0.25, -0.2) is 0 Å². The predicted octanol–water partition coefficient (Wildman–Crippen LogP) is 4.08. The summed E-state index contributed by atoms with van der Waals surface area (Å²) in [6, 6.07) is 14.4. The van der Waals surface area contributed by atoms with E-state index in [4.69, 9.17) is 9.47 Å². The molecule has 2 rings (SSSR count). The van der Waals surface area contributed by atoms with E-state index in [1.54, 1.807) is 7.11 Å². The molecule has 0 aliphatic carbocycles. The van der Waals surface area contributed by atoms with Crippen molar-refractivity contribution in [2.75, 3.05) is 13.7 Å². The van der Waals surface area contributed by atoms with Gasteiger partial charge in [0.2, 0.25) is 0 Å². The average Bonchev–Trinajstić information content (AvgIpc) is 2.55. The van der Waals surface area contributed by atoms with Crippen LogP contribution in [0.3, 0.4) is 0 Å². The molecule has 0 radical (unpaired) electrons. The lowest BCUT2D eigenvalue weighted by molar-refractivity contribution is 0.280. The van der Waals surface area contributed by atoms with Crippen molar-refractivity contribution in [3.63, 3.8) is 0 Å². The molecule has 0 saturated heterocycles. The molecule has 0 saturated carbocycles. The molecule has 118 valence electrons. The molecule has 2 aromatic rings. The quantitative estimate of drug-likeness (QED) is 0.745. The molecule has 0 unspecified atom stereocenters. The highest BCUT2D eigenvalue weighted by Gasteiger charge is 2.10. The average molecular weight is 299 g/mol. The number of hydrogen-bond acceptors (Lipinski definition) is 3. The SMILES string of the molecule is CCCNCc1cccc(OC)c1OCc1ccc(C)cc1. The lowest BCUT2D eigenvalue weighted by Crippen LogP contribution is -2.15.